The van der Waals surface area contributed by atoms with Gasteiger partial charge in [0.2, 0.25) is 0 Å². The van der Waals surface area contributed by atoms with Gasteiger partial charge in [0.1, 0.15) is 5.82 Å². The Kier molecular flexibility index (Phi) is 3.47. The van der Waals surface area contributed by atoms with Gasteiger partial charge in [-0.05, 0) is 68.4 Å². The Balaban J connectivity index is 1.39. The first-order valence-corrected chi connectivity index (χ1v) is 10.1. The number of pyridine rings is 1. The lowest BCUT2D eigenvalue weighted by Gasteiger charge is -2.56. The molecule has 0 radical (unpaired) electrons. The molecule has 4 bridgehead atoms. The van der Waals surface area contributed by atoms with Crippen molar-refractivity contribution in [1.82, 2.24) is 19.7 Å². The van der Waals surface area contributed by atoms with Crippen molar-refractivity contribution in [1.29, 1.82) is 0 Å². The number of aromatic nitrogens is 4. The summed E-state index contributed by atoms with van der Waals surface area (Å²) in [6.07, 6.45) is 10.3. The minimum Gasteiger partial charge on any atom is -0.309 e. The van der Waals surface area contributed by atoms with Crippen LogP contribution in [0.2, 0.25) is 0 Å². The van der Waals surface area contributed by atoms with Crippen LogP contribution in [0.5, 0.6) is 0 Å². The topological polar surface area (TPSA) is 43.6 Å². The van der Waals surface area contributed by atoms with Crippen LogP contribution in [-0.2, 0) is 18.2 Å². The first kappa shape index (κ1) is 14.9. The smallest absolute Gasteiger partial charge is 0.191 e. The van der Waals surface area contributed by atoms with Crippen molar-refractivity contribution in [2.75, 3.05) is 0 Å². The van der Waals surface area contributed by atoms with E-state index in [9.17, 15) is 0 Å². The van der Waals surface area contributed by atoms with Gasteiger partial charge < -0.3 is 4.57 Å². The van der Waals surface area contributed by atoms with E-state index in [2.05, 4.69) is 32.9 Å². The van der Waals surface area contributed by atoms with Gasteiger partial charge >= 0.3 is 0 Å². The van der Waals surface area contributed by atoms with Crippen LogP contribution in [0.15, 0.2) is 29.6 Å². The highest BCUT2D eigenvalue weighted by molar-refractivity contribution is 7.98. The highest BCUT2D eigenvalue weighted by Crippen LogP contribution is 2.60. The number of hydrogen-bond acceptors (Lipinski definition) is 4. The summed E-state index contributed by atoms with van der Waals surface area (Å²) in [4.78, 5) is 4.41. The third-order valence-electron chi connectivity index (χ3n) is 6.42. The van der Waals surface area contributed by atoms with E-state index in [1.54, 1.807) is 11.8 Å². The lowest BCUT2D eigenvalue weighted by Crippen LogP contribution is -2.49. The fourth-order valence-corrected chi connectivity index (χ4v) is 6.74. The number of thioether (sulfide) groups is 1. The van der Waals surface area contributed by atoms with Gasteiger partial charge in [0.05, 0.1) is 5.69 Å². The molecule has 4 fully saturated rings. The van der Waals surface area contributed by atoms with Crippen LogP contribution in [0.3, 0.4) is 0 Å². The van der Waals surface area contributed by atoms with E-state index in [-0.39, 0.29) is 0 Å². The molecular weight excluding hydrogens is 316 g/mol. The Bertz CT molecular complexity index is 704. The minimum absolute atomic E-state index is 0.320. The molecule has 126 valence electrons. The van der Waals surface area contributed by atoms with Crippen LogP contribution in [0.4, 0.5) is 0 Å². The maximum Gasteiger partial charge on any atom is 0.191 e. The molecule has 4 saturated carbocycles. The van der Waals surface area contributed by atoms with Gasteiger partial charge in [-0.1, -0.05) is 17.8 Å². The molecule has 5 heteroatoms. The summed E-state index contributed by atoms with van der Waals surface area (Å²) in [7, 11) is 2.16. The molecule has 4 aliphatic carbocycles. The normalized spacial score (nSPS) is 34.0. The molecule has 0 saturated heterocycles. The van der Waals surface area contributed by atoms with Crippen LogP contribution in [0.1, 0.15) is 50.0 Å². The van der Waals surface area contributed by atoms with Crippen LogP contribution < -0.4 is 0 Å². The van der Waals surface area contributed by atoms with Crippen molar-refractivity contribution >= 4 is 11.8 Å². The van der Waals surface area contributed by atoms with E-state index in [0.29, 0.717) is 5.41 Å². The van der Waals surface area contributed by atoms with Gasteiger partial charge in [-0.3, -0.25) is 4.98 Å². The average Bonchev–Trinajstić information content (AvgIpc) is 2.94. The van der Waals surface area contributed by atoms with Crippen molar-refractivity contribution < 1.29 is 0 Å². The molecule has 2 heterocycles. The SMILES string of the molecule is Cn1c(SCc2ccccn2)nnc1C12CC3CC(CC(C3)C1)C2. The fourth-order valence-electron chi connectivity index (χ4n) is 5.91. The first-order valence-electron chi connectivity index (χ1n) is 9.14. The Morgan fingerprint density at radius 3 is 2.42 bits per heavy atom. The van der Waals surface area contributed by atoms with Crippen molar-refractivity contribution in [3.05, 3.63) is 35.9 Å². The lowest BCUT2D eigenvalue weighted by atomic mass is 9.49. The third kappa shape index (κ3) is 2.40. The number of hydrogen-bond donors (Lipinski definition) is 0. The highest BCUT2D eigenvalue weighted by Gasteiger charge is 2.53. The standard InChI is InChI=1S/C19H24N4S/c1-23-17(19-9-13-6-14(10-19)8-15(7-13)11-19)21-22-18(23)24-12-16-4-2-3-5-20-16/h2-5,13-15H,6-12H2,1H3. The molecule has 4 nitrogen and oxygen atoms in total. The molecule has 0 atom stereocenters. The van der Waals surface area contributed by atoms with Gasteiger partial charge in [-0.15, -0.1) is 10.2 Å². The number of rotatable bonds is 4. The number of nitrogens with zero attached hydrogens (tertiary/aromatic N) is 4. The van der Waals surface area contributed by atoms with E-state index < -0.39 is 0 Å². The predicted octanol–water partition coefficient (Wildman–Crippen LogP) is 3.97. The van der Waals surface area contributed by atoms with Crippen LogP contribution in [0.25, 0.3) is 0 Å². The molecule has 6 rings (SSSR count). The maximum atomic E-state index is 4.69. The van der Waals surface area contributed by atoms with Gasteiger partial charge in [-0.2, -0.15) is 0 Å². The van der Waals surface area contributed by atoms with Gasteiger partial charge in [0, 0.05) is 24.4 Å². The molecule has 0 spiro atoms. The van der Waals surface area contributed by atoms with E-state index in [1.165, 1.54) is 44.3 Å². The molecule has 2 aromatic rings. The molecule has 0 unspecified atom stereocenters. The summed E-state index contributed by atoms with van der Waals surface area (Å²) in [5.74, 6) is 4.94. The Hall–Kier alpha value is -1.36. The van der Waals surface area contributed by atoms with Crippen molar-refractivity contribution in [2.24, 2.45) is 24.8 Å². The molecule has 2 aromatic heterocycles. The highest BCUT2D eigenvalue weighted by atomic mass is 32.2. The van der Waals surface area contributed by atoms with E-state index in [0.717, 1.165) is 34.4 Å². The zero-order valence-corrected chi connectivity index (χ0v) is 15.0. The molecule has 0 N–H and O–H groups in total. The second-order valence-electron chi connectivity index (χ2n) is 8.17. The third-order valence-corrected chi connectivity index (χ3v) is 7.48. The second kappa shape index (κ2) is 5.58. The Morgan fingerprint density at radius 2 is 1.79 bits per heavy atom. The summed E-state index contributed by atoms with van der Waals surface area (Å²) in [6.45, 7) is 0. The van der Waals surface area contributed by atoms with E-state index in [1.807, 2.05) is 18.3 Å². The second-order valence-corrected chi connectivity index (χ2v) is 9.12. The first-order chi connectivity index (χ1) is 11.7. The summed E-state index contributed by atoms with van der Waals surface area (Å²) in [5.41, 5.74) is 1.42. The van der Waals surface area contributed by atoms with Crippen molar-refractivity contribution in [3.8, 4) is 0 Å². The van der Waals surface area contributed by atoms with Crippen molar-refractivity contribution in [3.63, 3.8) is 0 Å². The van der Waals surface area contributed by atoms with E-state index in [4.69, 9.17) is 0 Å². The van der Waals surface area contributed by atoms with Crippen LogP contribution >= 0.6 is 11.8 Å². The zero-order chi connectivity index (χ0) is 16.1. The summed E-state index contributed by atoms with van der Waals surface area (Å²) >= 11 is 1.75. The summed E-state index contributed by atoms with van der Waals surface area (Å²) in [5, 5.41) is 10.3. The van der Waals surface area contributed by atoms with E-state index >= 15 is 0 Å². The summed E-state index contributed by atoms with van der Waals surface area (Å²) < 4.78 is 2.28. The summed E-state index contributed by atoms with van der Waals surface area (Å²) in [6, 6.07) is 6.07. The average molecular weight is 340 g/mol. The van der Waals surface area contributed by atoms with Crippen LogP contribution in [0, 0.1) is 17.8 Å². The predicted molar refractivity (Wildman–Crippen MR) is 94.7 cm³/mol. The molecular formula is C19H24N4S. The minimum atomic E-state index is 0.320. The van der Waals surface area contributed by atoms with Gasteiger partial charge in [0.25, 0.3) is 0 Å². The van der Waals surface area contributed by atoms with Gasteiger partial charge in [0.15, 0.2) is 5.16 Å². The Labute approximate surface area is 147 Å². The molecule has 0 aliphatic heterocycles. The monoisotopic (exact) mass is 340 g/mol. The van der Waals surface area contributed by atoms with Crippen LogP contribution in [-0.4, -0.2) is 19.7 Å². The zero-order valence-electron chi connectivity index (χ0n) is 14.2. The Morgan fingerprint density at radius 1 is 1.08 bits per heavy atom. The molecule has 0 amide bonds. The molecule has 4 aliphatic rings. The molecule has 0 aromatic carbocycles. The fraction of sp³-hybridized carbons (Fsp3) is 0.632. The van der Waals surface area contributed by atoms with Gasteiger partial charge in [-0.25, -0.2) is 0 Å². The largest absolute Gasteiger partial charge is 0.309 e. The maximum absolute atomic E-state index is 4.69. The van der Waals surface area contributed by atoms with Crippen molar-refractivity contribution in [2.45, 2.75) is 54.8 Å². The molecule has 24 heavy (non-hydrogen) atoms. The quantitative estimate of drug-likeness (QED) is 0.790. The lowest BCUT2D eigenvalue weighted by molar-refractivity contribution is -0.0109.